The van der Waals surface area contributed by atoms with Gasteiger partial charge in [-0.3, -0.25) is 9.48 Å². The van der Waals surface area contributed by atoms with E-state index >= 15 is 0 Å². The monoisotopic (exact) mass is 266 g/mol. The van der Waals surface area contributed by atoms with Crippen LogP contribution >= 0.6 is 11.6 Å². The Balaban J connectivity index is 2.27. The SMILES string of the molecule is Cc1cc(CC(=O)c2cc(Cl)ccc2F)n(C)n1. The van der Waals surface area contributed by atoms with Crippen LogP contribution in [0.25, 0.3) is 0 Å². The average Bonchev–Trinajstić information content (AvgIpc) is 2.61. The number of nitrogens with zero attached hydrogens (tertiary/aromatic N) is 2. The van der Waals surface area contributed by atoms with Crippen LogP contribution in [-0.4, -0.2) is 15.6 Å². The molecule has 94 valence electrons. The minimum Gasteiger partial charge on any atom is -0.294 e. The summed E-state index contributed by atoms with van der Waals surface area (Å²) >= 11 is 5.76. The van der Waals surface area contributed by atoms with Crippen molar-refractivity contribution in [1.82, 2.24) is 9.78 Å². The number of benzene rings is 1. The molecule has 1 heterocycles. The highest BCUT2D eigenvalue weighted by Gasteiger charge is 2.15. The van der Waals surface area contributed by atoms with Gasteiger partial charge in [0.05, 0.1) is 17.7 Å². The number of carbonyl (C=O) groups is 1. The molecule has 2 aromatic rings. The minimum atomic E-state index is -0.553. The van der Waals surface area contributed by atoms with Gasteiger partial charge in [0, 0.05) is 17.8 Å². The molecule has 0 amide bonds. The third kappa shape index (κ3) is 2.59. The lowest BCUT2D eigenvalue weighted by Gasteiger charge is -2.03. The second-order valence-electron chi connectivity index (χ2n) is 4.12. The fraction of sp³-hybridized carbons (Fsp3) is 0.231. The number of rotatable bonds is 3. The van der Waals surface area contributed by atoms with Crippen LogP contribution in [0.5, 0.6) is 0 Å². The lowest BCUT2D eigenvalue weighted by Crippen LogP contribution is -2.09. The smallest absolute Gasteiger partial charge is 0.171 e. The van der Waals surface area contributed by atoms with E-state index in [4.69, 9.17) is 11.6 Å². The van der Waals surface area contributed by atoms with Crippen LogP contribution in [0.3, 0.4) is 0 Å². The fourth-order valence-corrected chi connectivity index (χ4v) is 1.97. The molecule has 1 aromatic carbocycles. The minimum absolute atomic E-state index is 0.0151. The summed E-state index contributed by atoms with van der Waals surface area (Å²) in [5.41, 5.74) is 1.59. The molecule has 0 unspecified atom stereocenters. The van der Waals surface area contributed by atoms with Gasteiger partial charge in [-0.2, -0.15) is 5.10 Å². The van der Waals surface area contributed by atoms with Crippen molar-refractivity contribution >= 4 is 17.4 Å². The second-order valence-corrected chi connectivity index (χ2v) is 4.56. The van der Waals surface area contributed by atoms with E-state index in [0.717, 1.165) is 11.4 Å². The molecule has 1 aromatic heterocycles. The zero-order valence-corrected chi connectivity index (χ0v) is 10.8. The van der Waals surface area contributed by atoms with Gasteiger partial charge in [0.15, 0.2) is 5.78 Å². The van der Waals surface area contributed by atoms with Gasteiger partial charge in [0.1, 0.15) is 5.82 Å². The van der Waals surface area contributed by atoms with Crippen LogP contribution in [0.4, 0.5) is 4.39 Å². The van der Waals surface area contributed by atoms with E-state index in [2.05, 4.69) is 5.10 Å². The fourth-order valence-electron chi connectivity index (χ4n) is 1.80. The zero-order chi connectivity index (χ0) is 13.3. The summed E-state index contributed by atoms with van der Waals surface area (Å²) in [5, 5.41) is 4.49. The highest BCUT2D eigenvalue weighted by molar-refractivity contribution is 6.31. The number of halogens is 2. The summed E-state index contributed by atoms with van der Waals surface area (Å²) in [6.07, 6.45) is 0.106. The van der Waals surface area contributed by atoms with Crippen LogP contribution in [0.2, 0.25) is 5.02 Å². The van der Waals surface area contributed by atoms with Gasteiger partial charge in [-0.15, -0.1) is 0 Å². The number of Topliss-reactive ketones (excluding diaryl/α,β-unsaturated/α-hetero) is 1. The lowest BCUT2D eigenvalue weighted by atomic mass is 10.1. The van der Waals surface area contributed by atoms with E-state index in [0.29, 0.717) is 5.02 Å². The summed E-state index contributed by atoms with van der Waals surface area (Å²) in [6, 6.07) is 5.77. The zero-order valence-electron chi connectivity index (χ0n) is 10.1. The van der Waals surface area contributed by atoms with Gasteiger partial charge < -0.3 is 0 Å². The topological polar surface area (TPSA) is 34.9 Å². The Bertz CT molecular complexity index is 607. The Morgan fingerprint density at radius 3 is 2.78 bits per heavy atom. The largest absolute Gasteiger partial charge is 0.294 e. The van der Waals surface area contributed by atoms with Gasteiger partial charge in [-0.25, -0.2) is 4.39 Å². The molecule has 0 aliphatic carbocycles. The Morgan fingerprint density at radius 2 is 2.17 bits per heavy atom. The molecule has 0 spiro atoms. The van der Waals surface area contributed by atoms with Crippen molar-refractivity contribution in [2.75, 3.05) is 0 Å². The lowest BCUT2D eigenvalue weighted by molar-refractivity contribution is 0.0987. The first-order chi connectivity index (χ1) is 8.47. The van der Waals surface area contributed by atoms with Gasteiger partial charge in [0.2, 0.25) is 0 Å². The first-order valence-electron chi connectivity index (χ1n) is 5.45. The standard InChI is InChI=1S/C13H12ClFN2O/c1-8-5-10(17(2)16-8)7-13(18)11-6-9(14)3-4-12(11)15/h3-6H,7H2,1-2H3. The quantitative estimate of drug-likeness (QED) is 0.801. The Morgan fingerprint density at radius 1 is 1.44 bits per heavy atom. The Labute approximate surface area is 109 Å². The molecule has 0 N–H and O–H groups in total. The number of aromatic nitrogens is 2. The molecule has 0 aliphatic heterocycles. The number of hydrogen-bond acceptors (Lipinski definition) is 2. The van der Waals surface area contributed by atoms with Crippen molar-refractivity contribution in [2.45, 2.75) is 13.3 Å². The van der Waals surface area contributed by atoms with Crippen LogP contribution in [-0.2, 0) is 13.5 Å². The normalized spacial score (nSPS) is 10.7. The summed E-state index contributed by atoms with van der Waals surface area (Å²) in [7, 11) is 1.75. The first kappa shape index (κ1) is 12.8. The Kier molecular flexibility index (Phi) is 3.48. The highest BCUT2D eigenvalue weighted by Crippen LogP contribution is 2.17. The van der Waals surface area contributed by atoms with Crippen LogP contribution in [0, 0.1) is 12.7 Å². The van der Waals surface area contributed by atoms with E-state index in [1.54, 1.807) is 17.8 Å². The molecule has 0 saturated heterocycles. The predicted molar refractivity (Wildman–Crippen MR) is 67.4 cm³/mol. The summed E-state index contributed by atoms with van der Waals surface area (Å²) in [6.45, 7) is 1.84. The van der Waals surface area contributed by atoms with Crippen molar-refractivity contribution in [1.29, 1.82) is 0 Å². The molecule has 18 heavy (non-hydrogen) atoms. The molecule has 3 nitrogen and oxygen atoms in total. The second kappa shape index (κ2) is 4.90. The van der Waals surface area contributed by atoms with E-state index in [9.17, 15) is 9.18 Å². The molecule has 0 saturated carbocycles. The molecule has 0 aliphatic rings. The number of hydrogen-bond donors (Lipinski definition) is 0. The van der Waals surface area contributed by atoms with Crippen molar-refractivity contribution in [3.05, 3.63) is 52.1 Å². The third-order valence-electron chi connectivity index (χ3n) is 2.67. The molecule has 5 heteroatoms. The molecule has 0 atom stereocenters. The molecular formula is C13H12ClFN2O. The van der Waals surface area contributed by atoms with Crippen LogP contribution < -0.4 is 0 Å². The third-order valence-corrected chi connectivity index (χ3v) is 2.90. The number of ketones is 1. The highest BCUT2D eigenvalue weighted by atomic mass is 35.5. The average molecular weight is 267 g/mol. The molecule has 0 bridgehead atoms. The van der Waals surface area contributed by atoms with Crippen LogP contribution in [0.15, 0.2) is 24.3 Å². The van der Waals surface area contributed by atoms with Gasteiger partial charge >= 0.3 is 0 Å². The van der Waals surface area contributed by atoms with E-state index < -0.39 is 5.82 Å². The maximum atomic E-state index is 13.5. The van der Waals surface area contributed by atoms with Crippen molar-refractivity contribution in [3.8, 4) is 0 Å². The summed E-state index contributed by atoms with van der Waals surface area (Å²) in [4.78, 5) is 12.0. The molecule has 0 fully saturated rings. The maximum Gasteiger partial charge on any atom is 0.171 e. The van der Waals surface area contributed by atoms with Gasteiger partial charge in [0.25, 0.3) is 0 Å². The predicted octanol–water partition coefficient (Wildman–Crippen LogP) is 2.95. The Hall–Kier alpha value is -1.68. The molecule has 0 radical (unpaired) electrons. The van der Waals surface area contributed by atoms with E-state index in [1.165, 1.54) is 18.2 Å². The van der Waals surface area contributed by atoms with Crippen LogP contribution in [0.1, 0.15) is 21.7 Å². The van der Waals surface area contributed by atoms with Gasteiger partial charge in [-0.05, 0) is 31.2 Å². The first-order valence-corrected chi connectivity index (χ1v) is 5.83. The molecule has 2 rings (SSSR count). The van der Waals surface area contributed by atoms with Crippen molar-refractivity contribution < 1.29 is 9.18 Å². The maximum absolute atomic E-state index is 13.5. The van der Waals surface area contributed by atoms with Crippen molar-refractivity contribution in [3.63, 3.8) is 0 Å². The summed E-state index contributed by atoms with van der Waals surface area (Å²) < 4.78 is 15.1. The molecular weight excluding hydrogens is 255 g/mol. The van der Waals surface area contributed by atoms with E-state index in [-0.39, 0.29) is 17.8 Å². The summed E-state index contributed by atoms with van der Waals surface area (Å²) in [5.74, 6) is -0.860. The number of carbonyl (C=O) groups excluding carboxylic acids is 1. The van der Waals surface area contributed by atoms with Crippen molar-refractivity contribution in [2.24, 2.45) is 7.05 Å². The van der Waals surface area contributed by atoms with E-state index in [1.807, 2.05) is 6.92 Å². The van der Waals surface area contributed by atoms with Gasteiger partial charge in [-0.1, -0.05) is 11.6 Å². The number of aryl methyl sites for hydroxylation is 2.